The molecule has 0 aromatic heterocycles. The molecule has 216 valence electrons. The molecule has 0 bridgehead atoms. The molecule has 0 unspecified atom stereocenters. The molecular formula is C38H40Cl2SiZr-2. The minimum atomic E-state index is -1.78. The van der Waals surface area contributed by atoms with Crippen molar-refractivity contribution in [2.75, 3.05) is 0 Å². The third-order valence-electron chi connectivity index (χ3n) is 7.33. The molecule has 6 rings (SSSR count). The van der Waals surface area contributed by atoms with Crippen molar-refractivity contribution < 1.29 is 18.0 Å². The monoisotopic (exact) mass is 684 g/mol. The topological polar surface area (TPSA) is 0 Å². The zero-order chi connectivity index (χ0) is 29.9. The van der Waals surface area contributed by atoms with Crippen LogP contribution in [0.3, 0.4) is 0 Å². The van der Waals surface area contributed by atoms with Crippen LogP contribution < -0.4 is 0 Å². The van der Waals surface area contributed by atoms with Gasteiger partial charge < -0.3 is 0 Å². The normalized spacial score (nSPS) is 10.5. The molecule has 0 N–H and O–H groups in total. The fraction of sp³-hybridized carbons (Fsp3) is 0.211. The van der Waals surface area contributed by atoms with Gasteiger partial charge in [-0.1, -0.05) is 97.8 Å². The van der Waals surface area contributed by atoms with E-state index >= 15 is 0 Å². The van der Waals surface area contributed by atoms with E-state index in [-0.39, 0.29) is 5.43 Å². The molecule has 0 nitrogen and oxygen atoms in total. The molecule has 0 saturated carbocycles. The largest absolute Gasteiger partial charge is 0.165 e. The summed E-state index contributed by atoms with van der Waals surface area (Å²) in [6.07, 6.45) is 2.55. The number of hydrogen-bond donors (Lipinski definition) is 0. The molecule has 0 spiro atoms. The number of fused-ring (bicyclic) bond motifs is 2. The first-order valence-corrected chi connectivity index (χ1v) is 26.8. The maximum Gasteiger partial charge on any atom is -0.0279 e. The first-order chi connectivity index (χ1) is 20.4. The van der Waals surface area contributed by atoms with Gasteiger partial charge in [0, 0.05) is 0 Å². The van der Waals surface area contributed by atoms with Crippen molar-refractivity contribution in [1.82, 2.24) is 0 Å². The minimum absolute atomic E-state index is 0.236. The Balaban J connectivity index is 0.000000150. The first-order valence-electron chi connectivity index (χ1n) is 14.9. The van der Waals surface area contributed by atoms with Gasteiger partial charge >= 0.3 is 79.2 Å². The smallest absolute Gasteiger partial charge is 0.0279 e. The fourth-order valence-electron chi connectivity index (χ4n) is 5.43. The molecule has 0 aliphatic heterocycles. The van der Waals surface area contributed by atoms with Crippen molar-refractivity contribution in [2.45, 2.75) is 52.6 Å². The molecule has 0 aliphatic rings. The Kier molecular flexibility index (Phi) is 12.9. The van der Waals surface area contributed by atoms with Crippen LogP contribution in [-0.2, 0) is 18.0 Å². The van der Waals surface area contributed by atoms with Crippen LogP contribution in [0.15, 0.2) is 121 Å². The quantitative estimate of drug-likeness (QED) is 0.121. The molecule has 6 aromatic carbocycles. The Bertz CT molecular complexity index is 1600. The van der Waals surface area contributed by atoms with Crippen molar-refractivity contribution in [1.29, 1.82) is 0 Å². The summed E-state index contributed by atoms with van der Waals surface area (Å²) in [5.74, 6) is 0. The first kappa shape index (κ1) is 32.7. The van der Waals surface area contributed by atoms with Crippen LogP contribution in [-0.4, -0.2) is 5.43 Å². The number of benzene rings is 4. The third kappa shape index (κ3) is 8.90. The SMILES string of the molecule is CCC[Si](CCC)=[Zr]([Cl])[Cl].Cc1cc2c(-c3ccccc3)cccc2[cH-]1.Cc1cc2c(-c3ccccc3)cccc2[cH-]1. The van der Waals surface area contributed by atoms with Crippen LogP contribution in [0, 0.1) is 13.8 Å². The molecule has 0 atom stereocenters. The van der Waals surface area contributed by atoms with Crippen LogP contribution >= 0.6 is 17.0 Å². The van der Waals surface area contributed by atoms with Crippen molar-refractivity contribution in [3.05, 3.63) is 132 Å². The van der Waals surface area contributed by atoms with E-state index in [2.05, 4.69) is 149 Å². The van der Waals surface area contributed by atoms with Gasteiger partial charge in [-0.2, -0.15) is 12.1 Å². The zero-order valence-corrected chi connectivity index (χ0v) is 30.1. The van der Waals surface area contributed by atoms with Gasteiger partial charge in [0.05, 0.1) is 0 Å². The standard InChI is InChI=1S/2C16H13.C6H14Si.2ClH.Zr/c2*1-12-10-14-8-5-9-15(16(14)11-12)13-6-3-2-4-7-13;1-3-5-7-6-4-2;;;/h2*2-11H,1H3;3-6H2,1-2H3;2*1H;/q2*-1;;;;+2/p-2. The van der Waals surface area contributed by atoms with Gasteiger partial charge in [-0.25, -0.2) is 0 Å². The maximum absolute atomic E-state index is 6.01. The summed E-state index contributed by atoms with van der Waals surface area (Å²) in [7, 11) is 12.0. The second kappa shape index (κ2) is 16.6. The van der Waals surface area contributed by atoms with Gasteiger partial charge in [0.2, 0.25) is 0 Å². The molecule has 0 saturated heterocycles. The molecule has 0 amide bonds. The summed E-state index contributed by atoms with van der Waals surface area (Å²) in [4.78, 5) is 0. The molecule has 4 heteroatoms. The van der Waals surface area contributed by atoms with E-state index < -0.39 is 18.0 Å². The van der Waals surface area contributed by atoms with E-state index in [1.54, 1.807) is 0 Å². The van der Waals surface area contributed by atoms with Gasteiger partial charge in [0.1, 0.15) is 0 Å². The molecule has 0 radical (unpaired) electrons. The summed E-state index contributed by atoms with van der Waals surface area (Å²) >= 11 is -1.78. The number of rotatable bonds is 6. The Morgan fingerprint density at radius 3 is 1.33 bits per heavy atom. The van der Waals surface area contributed by atoms with E-state index in [0.717, 1.165) is 0 Å². The average molecular weight is 687 g/mol. The molecule has 0 fully saturated rings. The molecule has 0 aliphatic carbocycles. The van der Waals surface area contributed by atoms with E-state index in [4.69, 9.17) is 17.0 Å². The second-order valence-corrected chi connectivity index (χ2v) is 31.8. The number of hydrogen-bond acceptors (Lipinski definition) is 0. The van der Waals surface area contributed by atoms with E-state index in [1.807, 2.05) is 0 Å². The van der Waals surface area contributed by atoms with E-state index in [9.17, 15) is 0 Å². The summed E-state index contributed by atoms with van der Waals surface area (Å²) in [5, 5.41) is 5.37. The molecule has 0 heterocycles. The fourth-order valence-corrected chi connectivity index (χ4v) is 20.4. The van der Waals surface area contributed by atoms with Crippen LogP contribution in [0.4, 0.5) is 0 Å². The predicted octanol–water partition coefficient (Wildman–Crippen LogP) is 12.8. The number of halogens is 2. The van der Waals surface area contributed by atoms with Gasteiger partial charge in [0.15, 0.2) is 0 Å². The van der Waals surface area contributed by atoms with Crippen molar-refractivity contribution in [2.24, 2.45) is 0 Å². The van der Waals surface area contributed by atoms with Crippen LogP contribution in [0.25, 0.3) is 43.8 Å². The third-order valence-corrected chi connectivity index (χ3v) is 27.2. The summed E-state index contributed by atoms with van der Waals surface area (Å²) < 4.78 is 0. The Hall–Kier alpha value is -2.22. The van der Waals surface area contributed by atoms with Crippen LogP contribution in [0.5, 0.6) is 0 Å². The minimum Gasteiger partial charge on any atom is -0.165 e. The van der Waals surface area contributed by atoms with Crippen LogP contribution in [0.1, 0.15) is 37.8 Å². The van der Waals surface area contributed by atoms with E-state index in [0.29, 0.717) is 0 Å². The Labute approximate surface area is 267 Å². The van der Waals surface area contributed by atoms with Crippen molar-refractivity contribution in [3.8, 4) is 22.3 Å². The zero-order valence-electron chi connectivity index (χ0n) is 25.1. The second-order valence-electron chi connectivity index (χ2n) is 10.8. The summed E-state index contributed by atoms with van der Waals surface area (Å²) in [6.45, 7) is 8.74. The summed E-state index contributed by atoms with van der Waals surface area (Å²) in [5.41, 5.74) is 7.66. The number of aryl methyl sites for hydroxylation is 2. The molecular weight excluding hydrogens is 647 g/mol. The van der Waals surface area contributed by atoms with Gasteiger partial charge in [-0.15, -0.1) is 69.1 Å². The van der Waals surface area contributed by atoms with Gasteiger partial charge in [-0.3, -0.25) is 0 Å². The van der Waals surface area contributed by atoms with Gasteiger partial charge in [0.25, 0.3) is 0 Å². The van der Waals surface area contributed by atoms with Crippen LogP contribution in [0.2, 0.25) is 12.1 Å². The molecule has 42 heavy (non-hydrogen) atoms. The van der Waals surface area contributed by atoms with Crippen molar-refractivity contribution >= 4 is 44.0 Å². The predicted molar refractivity (Wildman–Crippen MR) is 187 cm³/mol. The Morgan fingerprint density at radius 2 is 0.976 bits per heavy atom. The Morgan fingerprint density at radius 1 is 0.571 bits per heavy atom. The average Bonchev–Trinajstić information content (AvgIpc) is 3.59. The van der Waals surface area contributed by atoms with Gasteiger partial charge in [-0.05, 0) is 11.1 Å². The molecule has 6 aromatic rings. The summed E-state index contributed by atoms with van der Waals surface area (Å²) in [6, 6.07) is 45.8. The van der Waals surface area contributed by atoms with Crippen molar-refractivity contribution in [3.63, 3.8) is 0 Å². The maximum atomic E-state index is 6.01. The van der Waals surface area contributed by atoms with E-state index in [1.165, 1.54) is 79.9 Å².